The van der Waals surface area contributed by atoms with Crippen molar-refractivity contribution in [2.75, 3.05) is 12.3 Å². The molecule has 0 aromatic heterocycles. The molecule has 5 heteroatoms. The maximum atomic E-state index is 11.7. The highest BCUT2D eigenvalue weighted by Crippen LogP contribution is 2.23. The molecule has 1 unspecified atom stereocenters. The molecule has 106 valence electrons. The Morgan fingerprint density at radius 2 is 1.95 bits per heavy atom. The largest absolute Gasteiger partial charge is 0.507 e. The van der Waals surface area contributed by atoms with Crippen LogP contribution in [-0.2, 0) is 16.4 Å². The second-order valence-electron chi connectivity index (χ2n) is 5.34. The van der Waals surface area contributed by atoms with E-state index in [1.54, 1.807) is 0 Å². The summed E-state index contributed by atoms with van der Waals surface area (Å²) < 4.78 is 23.4. The zero-order valence-electron chi connectivity index (χ0n) is 11.4. The van der Waals surface area contributed by atoms with Crippen molar-refractivity contribution in [1.29, 1.82) is 0 Å². The van der Waals surface area contributed by atoms with E-state index < -0.39 is 9.84 Å². The fourth-order valence-corrected chi connectivity index (χ4v) is 4.41. The lowest BCUT2D eigenvalue weighted by molar-refractivity contribution is 0.466. The van der Waals surface area contributed by atoms with Crippen LogP contribution >= 0.6 is 0 Å². The molecular formula is C14H21NO3S. The predicted molar refractivity (Wildman–Crippen MR) is 76.1 cm³/mol. The second-order valence-corrected chi connectivity index (χ2v) is 7.74. The van der Waals surface area contributed by atoms with Gasteiger partial charge in [0.05, 0.1) is 11.0 Å². The highest BCUT2D eigenvalue weighted by atomic mass is 32.2. The fourth-order valence-electron chi connectivity index (χ4n) is 2.61. The molecule has 1 fully saturated rings. The minimum Gasteiger partial charge on any atom is -0.507 e. The molecule has 0 bridgehead atoms. The van der Waals surface area contributed by atoms with E-state index in [1.807, 2.05) is 26.0 Å². The number of rotatable bonds is 4. The first-order valence-electron chi connectivity index (χ1n) is 6.61. The lowest BCUT2D eigenvalue weighted by Crippen LogP contribution is -2.30. The molecule has 19 heavy (non-hydrogen) atoms. The molecular weight excluding hydrogens is 262 g/mol. The van der Waals surface area contributed by atoms with Crippen LogP contribution < -0.4 is 5.32 Å². The van der Waals surface area contributed by atoms with Gasteiger partial charge in [-0.25, -0.2) is 8.42 Å². The molecule has 1 atom stereocenters. The Hall–Kier alpha value is -1.07. The Bertz CT molecular complexity index is 543. The van der Waals surface area contributed by atoms with Gasteiger partial charge in [0.25, 0.3) is 0 Å². The van der Waals surface area contributed by atoms with Crippen molar-refractivity contribution in [3.05, 3.63) is 28.8 Å². The van der Waals surface area contributed by atoms with E-state index >= 15 is 0 Å². The molecule has 1 heterocycles. The van der Waals surface area contributed by atoms with Crippen molar-refractivity contribution >= 4 is 9.84 Å². The first kappa shape index (κ1) is 14.3. The van der Waals surface area contributed by atoms with Gasteiger partial charge in [-0.05, 0) is 43.4 Å². The summed E-state index contributed by atoms with van der Waals surface area (Å²) in [6, 6.07) is 3.86. The molecule has 0 spiro atoms. The van der Waals surface area contributed by atoms with E-state index in [0.717, 1.165) is 29.5 Å². The number of aromatic hydroxyl groups is 1. The highest BCUT2D eigenvalue weighted by molar-refractivity contribution is 7.92. The molecule has 0 radical (unpaired) electrons. The van der Waals surface area contributed by atoms with Gasteiger partial charge in [0.2, 0.25) is 0 Å². The van der Waals surface area contributed by atoms with Crippen LogP contribution in [0.5, 0.6) is 5.75 Å². The van der Waals surface area contributed by atoms with Crippen molar-refractivity contribution in [2.24, 2.45) is 0 Å². The third kappa shape index (κ3) is 3.28. The van der Waals surface area contributed by atoms with Gasteiger partial charge in [0, 0.05) is 13.1 Å². The molecule has 4 nitrogen and oxygen atoms in total. The number of sulfone groups is 1. The molecule has 1 aliphatic rings. The first-order chi connectivity index (χ1) is 8.90. The molecule has 0 aliphatic carbocycles. The fraction of sp³-hybridized carbons (Fsp3) is 0.571. The molecule has 0 amide bonds. The Kier molecular flexibility index (Phi) is 4.16. The summed E-state index contributed by atoms with van der Waals surface area (Å²) in [5.41, 5.74) is 2.78. The number of hydrogen-bond donors (Lipinski definition) is 2. The van der Waals surface area contributed by atoms with Crippen LogP contribution in [0.3, 0.4) is 0 Å². The molecule has 1 aromatic rings. The smallest absolute Gasteiger partial charge is 0.154 e. The van der Waals surface area contributed by atoms with Gasteiger partial charge in [-0.15, -0.1) is 0 Å². The SMILES string of the molecule is Cc1cc(CNCC2CCCS2(=O)=O)cc(C)c1O. The molecule has 1 aliphatic heterocycles. The molecule has 0 saturated carbocycles. The average Bonchev–Trinajstić information content (AvgIpc) is 2.66. The summed E-state index contributed by atoms with van der Waals surface area (Å²) in [6.45, 7) is 4.88. The summed E-state index contributed by atoms with van der Waals surface area (Å²) >= 11 is 0. The topological polar surface area (TPSA) is 66.4 Å². The number of nitrogens with one attached hydrogen (secondary N) is 1. The van der Waals surface area contributed by atoms with Crippen molar-refractivity contribution in [3.8, 4) is 5.75 Å². The minimum atomic E-state index is -2.87. The summed E-state index contributed by atoms with van der Waals surface area (Å²) in [5, 5.41) is 12.7. The van der Waals surface area contributed by atoms with Gasteiger partial charge in [-0.3, -0.25) is 0 Å². The highest BCUT2D eigenvalue weighted by Gasteiger charge is 2.30. The van der Waals surface area contributed by atoms with Crippen LogP contribution in [0.2, 0.25) is 0 Å². The van der Waals surface area contributed by atoms with Crippen molar-refractivity contribution in [2.45, 2.75) is 38.5 Å². The van der Waals surface area contributed by atoms with Gasteiger partial charge in [0.15, 0.2) is 9.84 Å². The van der Waals surface area contributed by atoms with Gasteiger partial charge in [-0.2, -0.15) is 0 Å². The van der Waals surface area contributed by atoms with Gasteiger partial charge in [-0.1, -0.05) is 12.1 Å². The van der Waals surface area contributed by atoms with E-state index in [2.05, 4.69) is 5.32 Å². The first-order valence-corrected chi connectivity index (χ1v) is 8.33. The monoisotopic (exact) mass is 283 g/mol. The Morgan fingerprint density at radius 1 is 1.32 bits per heavy atom. The second kappa shape index (κ2) is 5.51. The average molecular weight is 283 g/mol. The Balaban J connectivity index is 1.93. The Labute approximate surface area is 114 Å². The van der Waals surface area contributed by atoms with Crippen molar-refractivity contribution in [1.82, 2.24) is 5.32 Å². The van der Waals surface area contributed by atoms with Gasteiger partial charge >= 0.3 is 0 Å². The third-order valence-corrected chi connectivity index (χ3v) is 5.99. The summed E-state index contributed by atoms with van der Waals surface area (Å²) in [4.78, 5) is 0. The number of aryl methyl sites for hydroxylation is 2. The maximum absolute atomic E-state index is 11.7. The zero-order chi connectivity index (χ0) is 14.0. The normalized spacial score (nSPS) is 21.7. The van der Waals surface area contributed by atoms with Crippen LogP contribution in [0.1, 0.15) is 29.5 Å². The number of phenolic OH excluding ortho intramolecular Hbond substituents is 1. The quantitative estimate of drug-likeness (QED) is 0.882. The molecule has 1 aromatic carbocycles. The maximum Gasteiger partial charge on any atom is 0.154 e. The third-order valence-electron chi connectivity index (χ3n) is 3.71. The number of hydrogen-bond acceptors (Lipinski definition) is 4. The van der Waals surface area contributed by atoms with E-state index in [4.69, 9.17) is 0 Å². The van der Waals surface area contributed by atoms with Crippen LogP contribution in [0.15, 0.2) is 12.1 Å². The van der Waals surface area contributed by atoms with Gasteiger partial charge in [0.1, 0.15) is 5.75 Å². The molecule has 2 N–H and O–H groups in total. The van der Waals surface area contributed by atoms with Gasteiger partial charge < -0.3 is 10.4 Å². The van der Waals surface area contributed by atoms with E-state index in [0.29, 0.717) is 24.6 Å². The summed E-state index contributed by atoms with van der Waals surface area (Å²) in [5.74, 6) is 0.665. The number of benzene rings is 1. The molecule has 1 saturated heterocycles. The minimum absolute atomic E-state index is 0.230. The van der Waals surface area contributed by atoms with Crippen LogP contribution in [0.25, 0.3) is 0 Å². The lowest BCUT2D eigenvalue weighted by Gasteiger charge is -2.12. The lowest BCUT2D eigenvalue weighted by atomic mass is 10.1. The van der Waals surface area contributed by atoms with E-state index in [9.17, 15) is 13.5 Å². The summed E-state index contributed by atoms with van der Waals surface area (Å²) in [6.07, 6.45) is 1.55. The predicted octanol–water partition coefficient (Wildman–Crippen LogP) is 1.68. The summed E-state index contributed by atoms with van der Waals surface area (Å²) in [7, 11) is -2.87. The van der Waals surface area contributed by atoms with Crippen LogP contribution in [0, 0.1) is 13.8 Å². The van der Waals surface area contributed by atoms with Crippen LogP contribution in [-0.4, -0.2) is 31.1 Å². The van der Waals surface area contributed by atoms with Crippen molar-refractivity contribution < 1.29 is 13.5 Å². The number of phenols is 1. The van der Waals surface area contributed by atoms with E-state index in [-0.39, 0.29) is 5.25 Å². The Morgan fingerprint density at radius 3 is 2.47 bits per heavy atom. The molecule has 2 rings (SSSR count). The standard InChI is InChI=1S/C14H21NO3S/c1-10-6-12(7-11(2)14(10)16)8-15-9-13-4-3-5-19(13,17)18/h6-7,13,15-16H,3-5,8-9H2,1-2H3. The van der Waals surface area contributed by atoms with Crippen LogP contribution in [0.4, 0.5) is 0 Å². The van der Waals surface area contributed by atoms with E-state index in [1.165, 1.54) is 0 Å². The zero-order valence-corrected chi connectivity index (χ0v) is 12.3. The van der Waals surface area contributed by atoms with Crippen molar-refractivity contribution in [3.63, 3.8) is 0 Å².